The maximum atomic E-state index is 5.51. The molecule has 0 aromatic carbocycles. The number of halogens is 1. The van der Waals surface area contributed by atoms with E-state index >= 15 is 0 Å². The van der Waals surface area contributed by atoms with Crippen LogP contribution in [0, 0.1) is 4.77 Å². The highest BCUT2D eigenvalue weighted by Gasteiger charge is 1.88. The summed E-state index contributed by atoms with van der Waals surface area (Å²) in [6.45, 7) is 0. The summed E-state index contributed by atoms with van der Waals surface area (Å²) in [4.78, 5) is 6.29. The van der Waals surface area contributed by atoms with E-state index in [1.54, 1.807) is 0 Å². The Morgan fingerprint density at radius 2 is 2.44 bits per heavy atom. The van der Waals surface area contributed by atoms with Crippen molar-refractivity contribution in [1.29, 1.82) is 0 Å². The van der Waals surface area contributed by atoms with Gasteiger partial charge in [-0.3, -0.25) is 0 Å². The first-order chi connectivity index (χ1) is 4.18. The average molecular weight is 162 g/mol. The van der Waals surface area contributed by atoms with E-state index in [1.807, 2.05) is 0 Å². The molecule has 9 heavy (non-hydrogen) atoms. The second-order valence-electron chi connectivity index (χ2n) is 1.46. The van der Waals surface area contributed by atoms with Crippen LogP contribution in [0.1, 0.15) is 0 Å². The van der Waals surface area contributed by atoms with Crippen LogP contribution in [0.4, 0.5) is 5.82 Å². The lowest BCUT2D eigenvalue weighted by atomic mass is 10.6. The Balaban J connectivity index is 3.33. The van der Waals surface area contributed by atoms with Crippen molar-refractivity contribution in [2.75, 3.05) is 5.73 Å². The van der Waals surface area contributed by atoms with Gasteiger partial charge in [-0.05, 0) is 12.2 Å². The molecule has 0 radical (unpaired) electrons. The third-order valence-corrected chi connectivity index (χ3v) is 1.13. The number of anilines is 1. The fourth-order valence-corrected chi connectivity index (χ4v) is 0.918. The van der Waals surface area contributed by atoms with Crippen LogP contribution < -0.4 is 5.73 Å². The lowest BCUT2D eigenvalue weighted by Crippen LogP contribution is -1.91. The molecule has 0 bridgehead atoms. The molecule has 1 heterocycles. The van der Waals surface area contributed by atoms with Crippen molar-refractivity contribution >= 4 is 29.6 Å². The summed E-state index contributed by atoms with van der Waals surface area (Å²) in [5.74, 6) is 0.337. The lowest BCUT2D eigenvalue weighted by Gasteiger charge is -1.90. The van der Waals surface area contributed by atoms with Gasteiger partial charge in [-0.25, -0.2) is 4.98 Å². The summed E-state index contributed by atoms with van der Waals surface area (Å²) < 4.78 is 0.306. The summed E-state index contributed by atoms with van der Waals surface area (Å²) in [6.07, 6.45) is 0. The Bertz CT molecular complexity index is 246. The number of rotatable bonds is 0. The second kappa shape index (κ2) is 2.33. The van der Waals surface area contributed by atoms with Crippen molar-refractivity contribution in [3.63, 3.8) is 0 Å². The lowest BCUT2D eigenvalue weighted by molar-refractivity contribution is 1.14. The first-order valence-electron chi connectivity index (χ1n) is 2.21. The van der Waals surface area contributed by atoms with Gasteiger partial charge in [-0.15, -0.1) is 0 Å². The van der Waals surface area contributed by atoms with Gasteiger partial charge in [-0.1, -0.05) is 11.6 Å². The molecule has 1 rings (SSSR count). The summed E-state index contributed by atoms with van der Waals surface area (Å²) in [5.41, 5.74) is 5.28. The van der Waals surface area contributed by atoms with E-state index in [0.29, 0.717) is 15.7 Å². The van der Waals surface area contributed by atoms with Gasteiger partial charge in [0.25, 0.3) is 0 Å². The topological polar surface area (TPSA) is 54.7 Å². The quantitative estimate of drug-likeness (QED) is 0.447. The molecule has 0 aliphatic carbocycles. The third kappa shape index (κ3) is 1.65. The fourth-order valence-electron chi connectivity index (χ4n) is 0.446. The van der Waals surface area contributed by atoms with Gasteiger partial charge in [0.05, 0.1) is 0 Å². The van der Waals surface area contributed by atoms with Gasteiger partial charge in [0.1, 0.15) is 11.0 Å². The van der Waals surface area contributed by atoms with E-state index in [-0.39, 0.29) is 0 Å². The molecule has 0 saturated carbocycles. The van der Waals surface area contributed by atoms with Gasteiger partial charge in [0, 0.05) is 6.07 Å². The molecule has 5 heteroatoms. The number of nitrogens with one attached hydrogen (secondary N) is 1. The molecule has 0 saturated heterocycles. The second-order valence-corrected chi connectivity index (χ2v) is 2.25. The zero-order chi connectivity index (χ0) is 6.85. The van der Waals surface area contributed by atoms with E-state index in [2.05, 4.69) is 22.2 Å². The van der Waals surface area contributed by atoms with Crippen molar-refractivity contribution in [3.8, 4) is 0 Å². The van der Waals surface area contributed by atoms with Crippen LogP contribution in [-0.2, 0) is 0 Å². The highest BCUT2D eigenvalue weighted by molar-refractivity contribution is 7.71. The molecule has 3 nitrogen and oxygen atoms in total. The summed E-state index contributed by atoms with van der Waals surface area (Å²) in [5, 5.41) is 0.410. The van der Waals surface area contributed by atoms with Crippen LogP contribution in [-0.4, -0.2) is 9.97 Å². The van der Waals surface area contributed by atoms with Gasteiger partial charge in [0.15, 0.2) is 4.77 Å². The highest BCUT2D eigenvalue weighted by Crippen LogP contribution is 2.05. The Kier molecular flexibility index (Phi) is 1.68. The van der Waals surface area contributed by atoms with Crippen LogP contribution >= 0.6 is 23.8 Å². The summed E-state index contributed by atoms with van der Waals surface area (Å²) >= 11 is 10.2. The number of hydrogen-bond acceptors (Lipinski definition) is 3. The van der Waals surface area contributed by atoms with E-state index in [0.717, 1.165) is 0 Å². The monoisotopic (exact) mass is 161 g/mol. The molecular weight excluding hydrogens is 158 g/mol. The van der Waals surface area contributed by atoms with Crippen LogP contribution in [0.5, 0.6) is 0 Å². The summed E-state index contributed by atoms with van der Waals surface area (Å²) in [7, 11) is 0. The number of H-pyrrole nitrogens is 1. The van der Waals surface area contributed by atoms with Crippen LogP contribution in [0.25, 0.3) is 0 Å². The largest absolute Gasteiger partial charge is 0.384 e. The van der Waals surface area contributed by atoms with E-state index in [9.17, 15) is 0 Å². The zero-order valence-corrected chi connectivity index (χ0v) is 5.96. The number of nitrogens with two attached hydrogens (primary N) is 1. The average Bonchev–Trinajstić information content (AvgIpc) is 1.59. The standard InChI is InChI=1S/C4H4ClN3S/c5-2-1-3(6)8-4(9)7-2/h1H,(H3,6,7,8,9). The molecule has 1 aromatic rings. The SMILES string of the molecule is Nc1cc(Cl)[nH]c(=S)n1. The van der Waals surface area contributed by atoms with Gasteiger partial charge in [-0.2, -0.15) is 0 Å². The van der Waals surface area contributed by atoms with Crippen molar-refractivity contribution in [1.82, 2.24) is 9.97 Å². The molecule has 48 valence electrons. The predicted octanol–water partition coefficient (Wildman–Crippen LogP) is 1.37. The number of hydrogen-bond donors (Lipinski definition) is 2. The van der Waals surface area contributed by atoms with Crippen molar-refractivity contribution in [3.05, 3.63) is 16.0 Å². The van der Waals surface area contributed by atoms with E-state index in [4.69, 9.17) is 17.3 Å². The maximum Gasteiger partial charge on any atom is 0.199 e. The highest BCUT2D eigenvalue weighted by atomic mass is 35.5. The molecular formula is C4H4ClN3S. The summed E-state index contributed by atoms with van der Waals surface area (Å²) in [6, 6.07) is 1.50. The molecule has 1 aromatic heterocycles. The Hall–Kier alpha value is -0.610. The first-order valence-corrected chi connectivity index (χ1v) is 2.99. The normalized spacial score (nSPS) is 9.44. The van der Waals surface area contributed by atoms with Gasteiger partial charge < -0.3 is 10.7 Å². The molecule has 0 aliphatic rings. The molecule has 0 atom stereocenters. The molecule has 0 amide bonds. The zero-order valence-electron chi connectivity index (χ0n) is 4.39. The van der Waals surface area contributed by atoms with Crippen molar-refractivity contribution < 1.29 is 0 Å². The molecule has 3 N–H and O–H groups in total. The van der Waals surface area contributed by atoms with Crippen LogP contribution in [0.15, 0.2) is 6.07 Å². The van der Waals surface area contributed by atoms with Gasteiger partial charge >= 0.3 is 0 Å². The van der Waals surface area contributed by atoms with Crippen molar-refractivity contribution in [2.24, 2.45) is 0 Å². The molecule has 0 fully saturated rings. The number of nitrogen functional groups attached to an aromatic ring is 1. The van der Waals surface area contributed by atoms with Crippen LogP contribution in [0.3, 0.4) is 0 Å². The minimum absolute atomic E-state index is 0.306. The Morgan fingerprint density at radius 3 is 2.89 bits per heavy atom. The maximum absolute atomic E-state index is 5.51. The third-order valence-electron chi connectivity index (χ3n) is 0.732. The number of nitrogens with zero attached hydrogens (tertiary/aromatic N) is 1. The van der Waals surface area contributed by atoms with Gasteiger partial charge in [0.2, 0.25) is 0 Å². The smallest absolute Gasteiger partial charge is 0.199 e. The minimum atomic E-state index is 0.306. The van der Waals surface area contributed by atoms with E-state index in [1.165, 1.54) is 6.07 Å². The first kappa shape index (κ1) is 6.51. The van der Waals surface area contributed by atoms with Crippen LogP contribution in [0.2, 0.25) is 5.15 Å². The predicted molar refractivity (Wildman–Crippen MR) is 38.8 cm³/mol. The Morgan fingerprint density at radius 1 is 1.78 bits per heavy atom. The molecule has 0 aliphatic heterocycles. The number of aromatic amines is 1. The molecule has 0 spiro atoms. The molecule has 0 unspecified atom stereocenters. The van der Waals surface area contributed by atoms with Crippen molar-refractivity contribution in [2.45, 2.75) is 0 Å². The minimum Gasteiger partial charge on any atom is -0.384 e. The number of aromatic nitrogens is 2. The fraction of sp³-hybridized carbons (Fsp3) is 0. The van der Waals surface area contributed by atoms with E-state index < -0.39 is 0 Å². The Labute approximate surface area is 61.9 Å².